The smallest absolute Gasteiger partial charge is 0.434 e. The van der Waals surface area contributed by atoms with Gasteiger partial charge in [-0.05, 0) is 60.4 Å². The van der Waals surface area contributed by atoms with Crippen LogP contribution in [0.2, 0.25) is 0 Å². The van der Waals surface area contributed by atoms with Crippen LogP contribution in [0.1, 0.15) is 36.5 Å². The minimum atomic E-state index is -4.64. The van der Waals surface area contributed by atoms with Crippen molar-refractivity contribution in [2.45, 2.75) is 38.3 Å². The molecule has 1 unspecified atom stereocenters. The van der Waals surface area contributed by atoms with E-state index in [2.05, 4.69) is 9.97 Å². The zero-order valence-corrected chi connectivity index (χ0v) is 22.9. The molecule has 6 nitrogen and oxygen atoms in total. The number of allylic oxidation sites excluding steroid dienone is 4. The number of sulfone groups is 1. The Labute approximate surface area is 228 Å². The Hall–Kier alpha value is -3.99. The van der Waals surface area contributed by atoms with Gasteiger partial charge in [0.2, 0.25) is 0 Å². The molecule has 5 rings (SSSR count). The van der Waals surface area contributed by atoms with E-state index in [1.54, 1.807) is 50.3 Å². The van der Waals surface area contributed by atoms with Crippen molar-refractivity contribution in [2.24, 2.45) is 5.92 Å². The van der Waals surface area contributed by atoms with Crippen LogP contribution in [0.4, 0.5) is 17.6 Å². The highest BCUT2D eigenvalue weighted by Crippen LogP contribution is 2.41. The summed E-state index contributed by atoms with van der Waals surface area (Å²) >= 11 is 0. The number of hydrogen-bond donors (Lipinski definition) is 0. The minimum Gasteiger partial charge on any atom is -0.441 e. The van der Waals surface area contributed by atoms with Crippen molar-refractivity contribution in [3.8, 4) is 28.1 Å². The number of hydrogen-bond acceptors (Lipinski definition) is 5. The van der Waals surface area contributed by atoms with Gasteiger partial charge in [-0.25, -0.2) is 22.8 Å². The van der Waals surface area contributed by atoms with Gasteiger partial charge in [0, 0.05) is 30.9 Å². The van der Waals surface area contributed by atoms with Crippen molar-refractivity contribution < 1.29 is 30.4 Å². The Balaban J connectivity index is 1.76. The normalized spacial score (nSPS) is 16.1. The fraction of sp³-hybridized carbons (Fsp3) is 0.241. The topological polar surface area (TPSA) is 78.0 Å². The maximum absolute atomic E-state index is 14.1. The van der Waals surface area contributed by atoms with E-state index in [0.717, 1.165) is 12.5 Å². The molecule has 0 spiro atoms. The van der Waals surface area contributed by atoms with E-state index in [0.29, 0.717) is 51.7 Å². The number of imidazole rings is 1. The molecule has 0 N–H and O–H groups in total. The van der Waals surface area contributed by atoms with Gasteiger partial charge in [0.05, 0.1) is 10.6 Å². The van der Waals surface area contributed by atoms with Crippen LogP contribution in [0, 0.1) is 19.8 Å². The third kappa shape index (κ3) is 5.25. The van der Waals surface area contributed by atoms with Gasteiger partial charge in [-0.3, -0.25) is 0 Å². The third-order valence-corrected chi connectivity index (χ3v) is 7.86. The summed E-state index contributed by atoms with van der Waals surface area (Å²) in [6.45, 7) is 4.87. The monoisotopic (exact) mass is 571 g/mol. The van der Waals surface area contributed by atoms with E-state index in [1.807, 2.05) is 0 Å². The molecule has 1 atom stereocenters. The molecule has 0 radical (unpaired) electrons. The SMILES string of the molecule is Cc1nc(-c2cc(-c3cccc(S(C)(=O)=O)c3)ccc2-n2cc(C(F)(F)F)nc2C)c(C2=CC=C(F)C(C)C2)o1. The molecule has 2 heterocycles. The lowest BCUT2D eigenvalue weighted by atomic mass is 9.91. The molecule has 0 amide bonds. The van der Waals surface area contributed by atoms with Crippen LogP contribution in [0.25, 0.3) is 33.6 Å². The van der Waals surface area contributed by atoms with Crippen LogP contribution in [-0.2, 0) is 16.0 Å². The highest BCUT2D eigenvalue weighted by molar-refractivity contribution is 7.90. The van der Waals surface area contributed by atoms with Gasteiger partial charge >= 0.3 is 6.18 Å². The van der Waals surface area contributed by atoms with Crippen molar-refractivity contribution in [2.75, 3.05) is 6.26 Å². The number of benzene rings is 2. The summed E-state index contributed by atoms with van der Waals surface area (Å²) in [5.74, 6) is 0.168. The summed E-state index contributed by atoms with van der Waals surface area (Å²) in [6.07, 6.45) is 0.720. The molecule has 0 saturated heterocycles. The first-order chi connectivity index (χ1) is 18.7. The Kier molecular flexibility index (Phi) is 6.81. The second-order valence-corrected chi connectivity index (χ2v) is 11.8. The van der Waals surface area contributed by atoms with Gasteiger partial charge < -0.3 is 8.98 Å². The van der Waals surface area contributed by atoms with E-state index >= 15 is 0 Å². The molecule has 1 aliphatic rings. The molecule has 208 valence electrons. The largest absolute Gasteiger partial charge is 0.441 e. The molecule has 1 aliphatic carbocycles. The first kappa shape index (κ1) is 27.6. The number of halogens is 4. The fourth-order valence-electron chi connectivity index (χ4n) is 4.71. The Morgan fingerprint density at radius 3 is 2.40 bits per heavy atom. The van der Waals surface area contributed by atoms with Crippen molar-refractivity contribution in [1.29, 1.82) is 0 Å². The quantitative estimate of drug-likeness (QED) is 0.232. The van der Waals surface area contributed by atoms with Gasteiger partial charge in [-0.15, -0.1) is 0 Å². The lowest BCUT2D eigenvalue weighted by molar-refractivity contribution is -0.141. The van der Waals surface area contributed by atoms with Gasteiger partial charge in [-0.2, -0.15) is 13.2 Å². The zero-order chi connectivity index (χ0) is 29.0. The van der Waals surface area contributed by atoms with E-state index in [9.17, 15) is 26.0 Å². The van der Waals surface area contributed by atoms with Crippen LogP contribution in [0.5, 0.6) is 0 Å². The molecule has 0 bridgehead atoms. The van der Waals surface area contributed by atoms with Gasteiger partial charge in [0.25, 0.3) is 0 Å². The van der Waals surface area contributed by atoms with Crippen LogP contribution in [-0.4, -0.2) is 29.2 Å². The van der Waals surface area contributed by atoms with Gasteiger partial charge in [-0.1, -0.05) is 31.2 Å². The van der Waals surface area contributed by atoms with E-state index in [-0.39, 0.29) is 22.5 Å². The lowest BCUT2D eigenvalue weighted by Crippen LogP contribution is -2.05. The predicted octanol–water partition coefficient (Wildman–Crippen LogP) is 7.51. The fourth-order valence-corrected chi connectivity index (χ4v) is 5.38. The average molecular weight is 572 g/mol. The zero-order valence-electron chi connectivity index (χ0n) is 22.0. The summed E-state index contributed by atoms with van der Waals surface area (Å²) in [5, 5.41) is 0. The highest BCUT2D eigenvalue weighted by atomic mass is 32.2. The average Bonchev–Trinajstić information content (AvgIpc) is 3.47. The molecule has 11 heteroatoms. The summed E-state index contributed by atoms with van der Waals surface area (Å²) < 4.78 is 86.3. The second-order valence-electron chi connectivity index (χ2n) is 9.83. The Bertz CT molecular complexity index is 1800. The molecule has 2 aromatic carbocycles. The lowest BCUT2D eigenvalue weighted by Gasteiger charge is -2.17. The van der Waals surface area contributed by atoms with E-state index in [1.165, 1.54) is 29.7 Å². The maximum atomic E-state index is 14.1. The third-order valence-electron chi connectivity index (χ3n) is 6.75. The molecule has 40 heavy (non-hydrogen) atoms. The molecule has 0 fully saturated rings. The highest BCUT2D eigenvalue weighted by Gasteiger charge is 2.35. The molecule has 0 aliphatic heterocycles. The van der Waals surface area contributed by atoms with Crippen molar-refractivity contribution in [3.63, 3.8) is 0 Å². The van der Waals surface area contributed by atoms with Crippen LogP contribution in [0.15, 0.2) is 76.0 Å². The van der Waals surface area contributed by atoms with Crippen LogP contribution >= 0.6 is 0 Å². The van der Waals surface area contributed by atoms with Crippen molar-refractivity contribution >= 4 is 15.4 Å². The molecule has 0 saturated carbocycles. The second kappa shape index (κ2) is 9.88. The number of oxazole rings is 1. The minimum absolute atomic E-state index is 0.109. The first-order valence-electron chi connectivity index (χ1n) is 12.3. The summed E-state index contributed by atoms with van der Waals surface area (Å²) in [5.41, 5.74) is 2.02. The van der Waals surface area contributed by atoms with Crippen LogP contribution < -0.4 is 0 Å². The molecule has 2 aromatic heterocycles. The Morgan fingerprint density at radius 2 is 1.75 bits per heavy atom. The van der Waals surface area contributed by atoms with Crippen LogP contribution in [0.3, 0.4) is 0 Å². The summed E-state index contributed by atoms with van der Waals surface area (Å²) in [4.78, 5) is 8.43. The number of aryl methyl sites for hydroxylation is 2. The van der Waals surface area contributed by atoms with E-state index < -0.39 is 21.7 Å². The number of rotatable bonds is 5. The first-order valence-corrected chi connectivity index (χ1v) is 14.2. The molecular formula is C29H25F4N3O3S. The summed E-state index contributed by atoms with van der Waals surface area (Å²) in [6, 6.07) is 11.4. The number of alkyl halides is 3. The van der Waals surface area contributed by atoms with Crippen molar-refractivity contribution in [1.82, 2.24) is 14.5 Å². The standard InChI is InChI=1S/C29H25F4N3O3S/c1-16-12-21(8-10-24(16)30)28-27(35-18(3)39-28)23-14-20(19-6-5-7-22(13-19)40(4,37)38)9-11-25(23)36-15-26(29(31,32)33)34-17(36)2/h5-11,13-16H,12H2,1-4H3. The molecule has 4 aromatic rings. The number of nitrogens with zero attached hydrogens (tertiary/aromatic N) is 3. The Morgan fingerprint density at radius 1 is 1.02 bits per heavy atom. The molecular weight excluding hydrogens is 546 g/mol. The van der Waals surface area contributed by atoms with Gasteiger partial charge in [0.15, 0.2) is 27.2 Å². The maximum Gasteiger partial charge on any atom is 0.434 e. The van der Waals surface area contributed by atoms with Gasteiger partial charge in [0.1, 0.15) is 17.3 Å². The predicted molar refractivity (Wildman–Crippen MR) is 143 cm³/mol. The van der Waals surface area contributed by atoms with Crippen molar-refractivity contribution in [3.05, 3.63) is 89.8 Å². The number of aromatic nitrogens is 3. The summed E-state index contributed by atoms with van der Waals surface area (Å²) in [7, 11) is -3.48. The van der Waals surface area contributed by atoms with E-state index in [4.69, 9.17) is 4.42 Å².